The number of hydrogen-bond donors (Lipinski definition) is 2. The molecule has 0 unspecified atom stereocenters. The van der Waals surface area contributed by atoms with Gasteiger partial charge in [0.05, 0.1) is 0 Å². The first-order chi connectivity index (χ1) is 7.22. The average Bonchev–Trinajstić information content (AvgIpc) is 2.14. The van der Waals surface area contributed by atoms with Crippen LogP contribution in [0.2, 0.25) is 0 Å². The second-order valence-corrected chi connectivity index (χ2v) is 6.51. The fourth-order valence-electron chi connectivity index (χ4n) is 1.02. The third-order valence-corrected chi connectivity index (χ3v) is 3.33. The van der Waals surface area contributed by atoms with Crippen molar-refractivity contribution in [1.29, 1.82) is 0 Å². The summed E-state index contributed by atoms with van der Waals surface area (Å²) in [5.41, 5.74) is 5.39. The molecule has 0 spiro atoms. The average molecular weight is 243 g/mol. The topological polar surface area (TPSA) is 85.1 Å². The van der Waals surface area contributed by atoms with Crippen LogP contribution in [-0.2, 0) is 10.0 Å². The Morgan fingerprint density at radius 1 is 1.44 bits per heavy atom. The van der Waals surface area contributed by atoms with Gasteiger partial charge in [0.1, 0.15) is 10.7 Å². The summed E-state index contributed by atoms with van der Waals surface area (Å²) in [6.45, 7) is 6.19. The Hall–Kier alpha value is -1.14. The van der Waals surface area contributed by atoms with Crippen LogP contribution in [0.15, 0.2) is 23.2 Å². The van der Waals surface area contributed by atoms with Crippen molar-refractivity contribution in [1.82, 2.24) is 9.71 Å². The maximum Gasteiger partial charge on any atom is 0.244 e. The van der Waals surface area contributed by atoms with Crippen molar-refractivity contribution in [2.24, 2.45) is 5.41 Å². The van der Waals surface area contributed by atoms with Crippen molar-refractivity contribution >= 4 is 15.8 Å². The van der Waals surface area contributed by atoms with Crippen molar-refractivity contribution in [3.63, 3.8) is 0 Å². The van der Waals surface area contributed by atoms with Crippen LogP contribution in [0.3, 0.4) is 0 Å². The molecule has 5 nitrogen and oxygen atoms in total. The summed E-state index contributed by atoms with van der Waals surface area (Å²) in [6, 6.07) is 2.98. The van der Waals surface area contributed by atoms with E-state index in [-0.39, 0.29) is 16.1 Å². The molecule has 0 aliphatic rings. The molecule has 0 saturated carbocycles. The SMILES string of the molecule is CC(C)(C)CNS(=O)(=O)c1cccnc1N. The van der Waals surface area contributed by atoms with Gasteiger partial charge in [-0.25, -0.2) is 18.1 Å². The van der Waals surface area contributed by atoms with Gasteiger partial charge in [0, 0.05) is 12.7 Å². The molecule has 16 heavy (non-hydrogen) atoms. The number of nitrogens with one attached hydrogen (secondary N) is 1. The summed E-state index contributed by atoms with van der Waals surface area (Å²) in [7, 11) is -3.56. The molecular formula is C10H17N3O2S. The molecule has 0 bridgehead atoms. The minimum Gasteiger partial charge on any atom is -0.383 e. The second kappa shape index (κ2) is 4.39. The number of sulfonamides is 1. The number of nitrogens with zero attached hydrogens (tertiary/aromatic N) is 1. The number of anilines is 1. The molecule has 6 heteroatoms. The number of aromatic nitrogens is 1. The summed E-state index contributed by atoms with van der Waals surface area (Å²) >= 11 is 0. The highest BCUT2D eigenvalue weighted by Crippen LogP contribution is 2.16. The molecule has 0 fully saturated rings. The highest BCUT2D eigenvalue weighted by Gasteiger charge is 2.20. The summed E-state index contributed by atoms with van der Waals surface area (Å²) in [5, 5.41) is 0. The van der Waals surface area contributed by atoms with Crippen LogP contribution in [0.25, 0.3) is 0 Å². The lowest BCUT2D eigenvalue weighted by molar-refractivity contribution is 0.407. The molecule has 1 heterocycles. The van der Waals surface area contributed by atoms with E-state index in [1.807, 2.05) is 20.8 Å². The molecule has 0 atom stereocenters. The maximum atomic E-state index is 11.9. The van der Waals surface area contributed by atoms with E-state index in [9.17, 15) is 8.42 Å². The van der Waals surface area contributed by atoms with Gasteiger partial charge in [0.25, 0.3) is 0 Å². The largest absolute Gasteiger partial charge is 0.383 e. The summed E-state index contributed by atoms with van der Waals surface area (Å²) in [5.74, 6) is 0.0175. The van der Waals surface area contributed by atoms with Crippen molar-refractivity contribution in [2.45, 2.75) is 25.7 Å². The molecule has 0 aromatic carbocycles. The fourth-order valence-corrected chi connectivity index (χ4v) is 2.38. The van der Waals surface area contributed by atoms with Gasteiger partial charge in [-0.15, -0.1) is 0 Å². The molecule has 0 saturated heterocycles. The zero-order valence-electron chi connectivity index (χ0n) is 9.69. The number of nitrogen functional groups attached to an aromatic ring is 1. The molecule has 1 rings (SSSR count). The highest BCUT2D eigenvalue weighted by atomic mass is 32.2. The predicted molar refractivity (Wildman–Crippen MR) is 63.3 cm³/mol. The fraction of sp³-hybridized carbons (Fsp3) is 0.500. The van der Waals surface area contributed by atoms with Gasteiger partial charge in [-0.1, -0.05) is 20.8 Å². The lowest BCUT2D eigenvalue weighted by Gasteiger charge is -2.18. The smallest absolute Gasteiger partial charge is 0.244 e. The first-order valence-corrected chi connectivity index (χ1v) is 6.41. The van der Waals surface area contributed by atoms with Crippen LogP contribution >= 0.6 is 0 Å². The molecule has 0 radical (unpaired) electrons. The maximum absolute atomic E-state index is 11.9. The Balaban J connectivity index is 2.92. The van der Waals surface area contributed by atoms with Gasteiger partial charge in [-0.3, -0.25) is 0 Å². The minimum absolute atomic E-state index is 0.0175. The van der Waals surface area contributed by atoms with E-state index < -0.39 is 10.0 Å². The Kier molecular flexibility index (Phi) is 3.54. The summed E-state index contributed by atoms with van der Waals surface area (Å²) in [4.78, 5) is 3.78. The molecule has 90 valence electrons. The zero-order valence-corrected chi connectivity index (χ0v) is 10.5. The van der Waals surface area contributed by atoms with Crippen molar-refractivity contribution in [2.75, 3.05) is 12.3 Å². The van der Waals surface area contributed by atoms with E-state index in [0.29, 0.717) is 6.54 Å². The number of rotatable bonds is 3. The molecule has 3 N–H and O–H groups in total. The van der Waals surface area contributed by atoms with Crippen LogP contribution in [-0.4, -0.2) is 19.9 Å². The molecule has 1 aromatic heterocycles. The van der Waals surface area contributed by atoms with E-state index in [1.165, 1.54) is 12.3 Å². The lowest BCUT2D eigenvalue weighted by Crippen LogP contribution is -2.32. The number of nitrogens with two attached hydrogens (primary N) is 1. The van der Waals surface area contributed by atoms with Crippen LogP contribution in [0.5, 0.6) is 0 Å². The normalized spacial score (nSPS) is 12.7. The van der Waals surface area contributed by atoms with Gasteiger partial charge in [-0.2, -0.15) is 0 Å². The molecule has 0 aliphatic heterocycles. The van der Waals surface area contributed by atoms with Crippen LogP contribution < -0.4 is 10.5 Å². The predicted octanol–water partition coefficient (Wildman–Crippen LogP) is 0.988. The first-order valence-electron chi connectivity index (χ1n) is 4.92. The Bertz CT molecular complexity index is 463. The van der Waals surface area contributed by atoms with Crippen molar-refractivity contribution in [3.8, 4) is 0 Å². The van der Waals surface area contributed by atoms with Crippen molar-refractivity contribution < 1.29 is 8.42 Å². The van der Waals surface area contributed by atoms with E-state index in [2.05, 4.69) is 9.71 Å². The van der Waals surface area contributed by atoms with E-state index >= 15 is 0 Å². The van der Waals surface area contributed by atoms with Gasteiger partial charge in [-0.05, 0) is 17.5 Å². The standard InChI is InChI=1S/C10H17N3O2S/c1-10(2,3)7-13-16(14,15)8-5-4-6-12-9(8)11/h4-6,13H,7H2,1-3H3,(H2,11,12). The van der Waals surface area contributed by atoms with E-state index in [0.717, 1.165) is 0 Å². The zero-order chi connectivity index (χ0) is 12.4. The molecule has 1 aromatic rings. The highest BCUT2D eigenvalue weighted by molar-refractivity contribution is 7.89. The van der Waals surface area contributed by atoms with E-state index in [4.69, 9.17) is 5.73 Å². The van der Waals surface area contributed by atoms with Gasteiger partial charge >= 0.3 is 0 Å². The van der Waals surface area contributed by atoms with Crippen LogP contribution in [0.4, 0.5) is 5.82 Å². The van der Waals surface area contributed by atoms with Crippen LogP contribution in [0, 0.1) is 5.41 Å². The van der Waals surface area contributed by atoms with E-state index in [1.54, 1.807) is 6.07 Å². The number of pyridine rings is 1. The molecule has 0 aliphatic carbocycles. The third-order valence-electron chi connectivity index (χ3n) is 1.88. The Morgan fingerprint density at radius 2 is 2.06 bits per heavy atom. The van der Waals surface area contributed by atoms with Gasteiger partial charge in [0.2, 0.25) is 10.0 Å². The van der Waals surface area contributed by atoms with Crippen molar-refractivity contribution in [3.05, 3.63) is 18.3 Å². The minimum atomic E-state index is -3.56. The molecule has 0 amide bonds. The van der Waals surface area contributed by atoms with Gasteiger partial charge in [0.15, 0.2) is 0 Å². The van der Waals surface area contributed by atoms with Gasteiger partial charge < -0.3 is 5.73 Å². The Labute approximate surface area is 96.1 Å². The number of hydrogen-bond acceptors (Lipinski definition) is 4. The molecular weight excluding hydrogens is 226 g/mol. The Morgan fingerprint density at radius 3 is 2.56 bits per heavy atom. The monoisotopic (exact) mass is 243 g/mol. The second-order valence-electron chi connectivity index (χ2n) is 4.77. The summed E-state index contributed by atoms with van der Waals surface area (Å²) < 4.78 is 26.2. The quantitative estimate of drug-likeness (QED) is 0.829. The first kappa shape index (κ1) is 12.9. The van der Waals surface area contributed by atoms with Crippen LogP contribution in [0.1, 0.15) is 20.8 Å². The summed E-state index contributed by atoms with van der Waals surface area (Å²) in [6.07, 6.45) is 1.46. The lowest BCUT2D eigenvalue weighted by atomic mass is 9.98. The third kappa shape index (κ3) is 3.46.